The molecular formula is C24H33NO3Si. The second-order valence-corrected chi connectivity index (χ2v) is 13.4. The first-order valence-electron chi connectivity index (χ1n) is 9.94. The van der Waals surface area contributed by atoms with Crippen LogP contribution in [-0.4, -0.2) is 27.6 Å². The van der Waals surface area contributed by atoms with E-state index in [1.54, 1.807) is 0 Å². The summed E-state index contributed by atoms with van der Waals surface area (Å²) in [4.78, 5) is 12.1. The van der Waals surface area contributed by atoms with Gasteiger partial charge in [-0.1, -0.05) is 93.6 Å². The molecule has 2 atom stereocenters. The first-order chi connectivity index (χ1) is 13.6. The molecule has 4 nitrogen and oxygen atoms in total. The van der Waals surface area contributed by atoms with E-state index in [0.717, 1.165) is 11.1 Å². The van der Waals surface area contributed by atoms with Crippen LogP contribution in [0.4, 0.5) is 4.79 Å². The Bertz CT molecular complexity index is 798. The number of rotatable bonds is 7. The smallest absolute Gasteiger partial charge is 0.407 e. The third-order valence-corrected chi connectivity index (χ3v) is 9.90. The monoisotopic (exact) mass is 411 g/mol. The third-order valence-electron chi connectivity index (χ3n) is 5.45. The molecule has 0 fully saturated rings. The number of hydrogen-bond acceptors (Lipinski definition) is 3. The molecule has 156 valence electrons. The fourth-order valence-corrected chi connectivity index (χ4v) is 3.96. The molecular weight excluding hydrogens is 378 g/mol. The molecule has 29 heavy (non-hydrogen) atoms. The minimum Gasteiger partial charge on any atom is -0.453 e. The van der Waals surface area contributed by atoms with E-state index in [1.807, 2.05) is 72.8 Å². The molecule has 0 spiro atoms. The van der Waals surface area contributed by atoms with Gasteiger partial charge in [-0.05, 0) is 29.3 Å². The molecule has 2 aromatic rings. The molecule has 0 saturated heterocycles. The largest absolute Gasteiger partial charge is 0.453 e. The molecule has 0 radical (unpaired) electrons. The highest BCUT2D eigenvalue weighted by molar-refractivity contribution is 6.74. The number of ether oxygens (including phenoxy) is 1. The molecule has 0 aliphatic rings. The van der Waals surface area contributed by atoms with Gasteiger partial charge in [0.1, 0.15) is 0 Å². The number of nitrogens with one attached hydrogen (secondary N) is 1. The predicted octanol–water partition coefficient (Wildman–Crippen LogP) is 6.19. The molecule has 1 N–H and O–H groups in total. The minimum atomic E-state index is -2.11. The molecule has 0 heterocycles. The zero-order valence-corrected chi connectivity index (χ0v) is 19.3. The fourth-order valence-electron chi connectivity index (χ4n) is 2.68. The van der Waals surface area contributed by atoms with E-state index in [9.17, 15) is 4.79 Å². The molecule has 0 aliphatic heterocycles. The SMILES string of the molecule is COC(=O)N[C@@H](/C=C/c1ccccc1)[C@H](O[Si](C)(C)C(C)(C)C)c1ccccc1. The van der Waals surface area contributed by atoms with Crippen LogP contribution < -0.4 is 5.32 Å². The number of benzene rings is 2. The van der Waals surface area contributed by atoms with Gasteiger partial charge in [0.2, 0.25) is 0 Å². The quantitative estimate of drug-likeness (QED) is 0.553. The van der Waals surface area contributed by atoms with Crippen molar-refractivity contribution in [3.05, 3.63) is 77.9 Å². The summed E-state index contributed by atoms with van der Waals surface area (Å²) in [6, 6.07) is 19.7. The van der Waals surface area contributed by atoms with Gasteiger partial charge in [-0.25, -0.2) is 4.79 Å². The van der Waals surface area contributed by atoms with E-state index in [-0.39, 0.29) is 17.2 Å². The molecule has 5 heteroatoms. The lowest BCUT2D eigenvalue weighted by Gasteiger charge is -2.41. The molecule has 0 aromatic heterocycles. The topological polar surface area (TPSA) is 47.6 Å². The van der Waals surface area contributed by atoms with Crippen molar-refractivity contribution >= 4 is 20.5 Å². The maximum absolute atomic E-state index is 12.1. The van der Waals surface area contributed by atoms with Gasteiger partial charge in [0.05, 0.1) is 19.3 Å². The Morgan fingerprint density at radius 3 is 2.07 bits per heavy atom. The van der Waals surface area contributed by atoms with Crippen LogP contribution >= 0.6 is 0 Å². The number of hydrogen-bond donors (Lipinski definition) is 1. The van der Waals surface area contributed by atoms with E-state index in [2.05, 4.69) is 39.2 Å². The number of carbonyl (C=O) groups excluding carboxylic acids is 1. The summed E-state index contributed by atoms with van der Waals surface area (Å²) in [5, 5.41) is 3.00. The minimum absolute atomic E-state index is 0.0407. The van der Waals surface area contributed by atoms with Gasteiger partial charge in [0.25, 0.3) is 0 Å². The molecule has 0 saturated carbocycles. The van der Waals surface area contributed by atoms with E-state index in [0.29, 0.717) is 0 Å². The summed E-state index contributed by atoms with van der Waals surface area (Å²) >= 11 is 0. The van der Waals surface area contributed by atoms with E-state index in [4.69, 9.17) is 9.16 Å². The third kappa shape index (κ3) is 6.58. The van der Waals surface area contributed by atoms with E-state index < -0.39 is 14.4 Å². The average molecular weight is 412 g/mol. The maximum atomic E-state index is 12.1. The van der Waals surface area contributed by atoms with Crippen molar-refractivity contribution in [1.29, 1.82) is 0 Å². The lowest BCUT2D eigenvalue weighted by Crippen LogP contribution is -2.47. The van der Waals surface area contributed by atoms with Gasteiger partial charge in [-0.3, -0.25) is 0 Å². The Morgan fingerprint density at radius 1 is 1.00 bits per heavy atom. The zero-order valence-electron chi connectivity index (χ0n) is 18.3. The van der Waals surface area contributed by atoms with Crippen LogP contribution in [-0.2, 0) is 9.16 Å². The second-order valence-electron chi connectivity index (χ2n) is 8.64. The normalized spacial score (nSPS) is 14.4. The number of alkyl carbamates (subject to hydrolysis) is 1. The van der Waals surface area contributed by atoms with Crippen molar-refractivity contribution in [2.24, 2.45) is 0 Å². The summed E-state index contributed by atoms with van der Waals surface area (Å²) in [6.07, 6.45) is 3.19. The van der Waals surface area contributed by atoms with E-state index >= 15 is 0 Å². The van der Waals surface area contributed by atoms with Crippen LogP contribution in [0.15, 0.2) is 66.7 Å². The number of carbonyl (C=O) groups is 1. The summed E-state index contributed by atoms with van der Waals surface area (Å²) < 4.78 is 11.7. The van der Waals surface area contributed by atoms with Crippen LogP contribution in [0.2, 0.25) is 18.1 Å². The van der Waals surface area contributed by atoms with Crippen molar-refractivity contribution in [1.82, 2.24) is 5.32 Å². The van der Waals surface area contributed by atoms with Crippen molar-refractivity contribution < 1.29 is 14.0 Å². The van der Waals surface area contributed by atoms with E-state index in [1.165, 1.54) is 7.11 Å². The van der Waals surface area contributed by atoms with Gasteiger partial charge < -0.3 is 14.5 Å². The number of amides is 1. The molecule has 0 unspecified atom stereocenters. The van der Waals surface area contributed by atoms with Crippen LogP contribution in [0.25, 0.3) is 6.08 Å². The van der Waals surface area contributed by atoms with Crippen LogP contribution in [0.1, 0.15) is 38.0 Å². The summed E-state index contributed by atoms with van der Waals surface area (Å²) in [6.45, 7) is 11.1. The van der Waals surface area contributed by atoms with Crippen LogP contribution in [0.3, 0.4) is 0 Å². The highest BCUT2D eigenvalue weighted by Gasteiger charge is 2.41. The second kappa shape index (κ2) is 9.90. The Morgan fingerprint density at radius 2 is 1.55 bits per heavy atom. The Kier molecular flexibility index (Phi) is 7.82. The Hall–Kier alpha value is -2.37. The average Bonchev–Trinajstić information content (AvgIpc) is 2.70. The van der Waals surface area contributed by atoms with Gasteiger partial charge in [-0.15, -0.1) is 0 Å². The molecule has 2 aromatic carbocycles. The predicted molar refractivity (Wildman–Crippen MR) is 122 cm³/mol. The standard InChI is InChI=1S/C24H33NO3Si/c1-24(2,3)29(5,6)28-22(20-15-11-8-12-16-20)21(25-23(26)27-4)18-17-19-13-9-7-10-14-19/h7-18,21-22H,1-6H3,(H,25,26)/b18-17+/t21-,22+/m0/s1. The maximum Gasteiger partial charge on any atom is 0.407 e. The zero-order chi connectivity index (χ0) is 21.5. The molecule has 0 aliphatic carbocycles. The fraction of sp³-hybridized carbons (Fsp3) is 0.375. The molecule has 2 rings (SSSR count). The van der Waals surface area contributed by atoms with Crippen molar-refractivity contribution in [2.75, 3.05) is 7.11 Å². The highest BCUT2D eigenvalue weighted by atomic mass is 28.4. The Balaban J connectivity index is 2.45. The van der Waals surface area contributed by atoms with Gasteiger partial charge >= 0.3 is 6.09 Å². The molecule has 0 bridgehead atoms. The van der Waals surface area contributed by atoms with Crippen LogP contribution in [0, 0.1) is 0 Å². The van der Waals surface area contributed by atoms with Crippen molar-refractivity contribution in [2.45, 2.75) is 51.0 Å². The van der Waals surface area contributed by atoms with Gasteiger partial charge in [0.15, 0.2) is 8.32 Å². The summed E-state index contributed by atoms with van der Waals surface area (Å²) in [5.74, 6) is 0. The summed E-state index contributed by atoms with van der Waals surface area (Å²) in [7, 11) is -0.735. The first kappa shape index (κ1) is 22.9. The van der Waals surface area contributed by atoms with Gasteiger partial charge in [0, 0.05) is 0 Å². The first-order valence-corrected chi connectivity index (χ1v) is 12.9. The lowest BCUT2D eigenvalue weighted by atomic mass is 10.0. The van der Waals surface area contributed by atoms with Crippen LogP contribution in [0.5, 0.6) is 0 Å². The lowest BCUT2D eigenvalue weighted by molar-refractivity contribution is 0.134. The summed E-state index contributed by atoms with van der Waals surface area (Å²) in [5.41, 5.74) is 2.08. The van der Waals surface area contributed by atoms with Crippen molar-refractivity contribution in [3.63, 3.8) is 0 Å². The highest BCUT2D eigenvalue weighted by Crippen LogP contribution is 2.40. The number of methoxy groups -OCH3 is 1. The van der Waals surface area contributed by atoms with Crippen molar-refractivity contribution in [3.8, 4) is 0 Å². The Labute approximate surface area is 176 Å². The van der Waals surface area contributed by atoms with Gasteiger partial charge in [-0.2, -0.15) is 0 Å². The molecule has 1 amide bonds.